The topological polar surface area (TPSA) is 79.1 Å². The van der Waals surface area contributed by atoms with Gasteiger partial charge in [-0.05, 0) is 100 Å². The number of nitrogens with zero attached hydrogens (tertiary/aromatic N) is 2. The molecule has 1 aliphatic heterocycles. The molecule has 0 saturated carbocycles. The fraction of sp³-hybridized carbons (Fsp3) is 0.182. The molecular formula is C33H26I2N2O5S. The molecular weight excluding hydrogens is 790 g/mol. The van der Waals surface area contributed by atoms with E-state index < -0.39 is 12.0 Å². The van der Waals surface area contributed by atoms with Crippen molar-refractivity contribution < 1.29 is 19.0 Å². The molecule has 0 unspecified atom stereocenters. The first-order chi connectivity index (χ1) is 20.9. The number of esters is 1. The highest BCUT2D eigenvalue weighted by Crippen LogP contribution is 2.36. The van der Waals surface area contributed by atoms with Crippen LogP contribution in [0.2, 0.25) is 0 Å². The Morgan fingerprint density at radius 2 is 1.74 bits per heavy atom. The van der Waals surface area contributed by atoms with E-state index in [-0.39, 0.29) is 18.8 Å². The third kappa shape index (κ3) is 6.58. The molecule has 0 fully saturated rings. The minimum atomic E-state index is -0.761. The lowest BCUT2D eigenvalue weighted by Crippen LogP contribution is -2.40. The molecule has 2 heterocycles. The van der Waals surface area contributed by atoms with Gasteiger partial charge in [0.25, 0.3) is 5.56 Å². The number of aromatic nitrogens is 1. The highest BCUT2D eigenvalue weighted by atomic mass is 127. The van der Waals surface area contributed by atoms with Gasteiger partial charge in [0, 0.05) is 5.56 Å². The lowest BCUT2D eigenvalue weighted by Gasteiger charge is -2.26. The van der Waals surface area contributed by atoms with Gasteiger partial charge < -0.3 is 14.2 Å². The molecule has 10 heteroatoms. The Bertz CT molecular complexity index is 1900. The SMILES string of the molecule is C#CCOc1c(I)cc(/C=c2\sc3n(c2=O)[C@@H](c2ccc(OCC)cc2)C(C(=O)OCC)=C(c2ccccc2)N=3)cc1I. The van der Waals surface area contributed by atoms with Crippen LogP contribution in [0.25, 0.3) is 11.8 Å². The number of rotatable bonds is 9. The summed E-state index contributed by atoms with van der Waals surface area (Å²) < 4.78 is 20.7. The number of hydrogen-bond acceptors (Lipinski definition) is 7. The molecule has 0 aliphatic carbocycles. The van der Waals surface area contributed by atoms with Crippen molar-refractivity contribution in [1.29, 1.82) is 0 Å². The van der Waals surface area contributed by atoms with Crippen molar-refractivity contribution in [2.45, 2.75) is 19.9 Å². The van der Waals surface area contributed by atoms with Crippen molar-refractivity contribution in [3.63, 3.8) is 0 Å². The van der Waals surface area contributed by atoms with Crippen molar-refractivity contribution in [3.05, 3.63) is 116 Å². The number of thiazole rings is 1. The largest absolute Gasteiger partial charge is 0.494 e. The summed E-state index contributed by atoms with van der Waals surface area (Å²) in [5.41, 5.74) is 2.85. The Hall–Kier alpha value is -3.41. The van der Waals surface area contributed by atoms with Gasteiger partial charge in [-0.1, -0.05) is 59.7 Å². The van der Waals surface area contributed by atoms with Gasteiger partial charge in [0.05, 0.1) is 42.2 Å². The van der Waals surface area contributed by atoms with E-state index in [4.69, 9.17) is 25.6 Å². The predicted octanol–water partition coefficient (Wildman–Crippen LogP) is 5.56. The molecule has 0 radical (unpaired) electrons. The second-order valence-corrected chi connectivity index (χ2v) is 12.6. The number of carbonyl (C=O) groups excluding carboxylic acids is 1. The summed E-state index contributed by atoms with van der Waals surface area (Å²) in [5, 5.41) is 0. The van der Waals surface area contributed by atoms with Crippen LogP contribution < -0.4 is 24.4 Å². The molecule has 0 spiro atoms. The zero-order valence-corrected chi connectivity index (χ0v) is 28.4. The van der Waals surface area contributed by atoms with Crippen LogP contribution in [0, 0.1) is 19.5 Å². The Balaban J connectivity index is 1.75. The first kappa shape index (κ1) is 31.0. The summed E-state index contributed by atoms with van der Waals surface area (Å²) in [6, 6.07) is 20.0. The third-order valence-electron chi connectivity index (χ3n) is 6.50. The molecule has 4 aromatic rings. The Labute approximate surface area is 280 Å². The van der Waals surface area contributed by atoms with E-state index in [1.807, 2.05) is 79.7 Å². The van der Waals surface area contributed by atoms with E-state index in [0.717, 1.165) is 23.8 Å². The normalized spacial score (nSPS) is 14.5. The van der Waals surface area contributed by atoms with Crippen molar-refractivity contribution in [3.8, 4) is 23.8 Å². The number of hydrogen-bond donors (Lipinski definition) is 0. The van der Waals surface area contributed by atoms with E-state index in [0.29, 0.717) is 38.7 Å². The van der Waals surface area contributed by atoms with Gasteiger partial charge >= 0.3 is 5.97 Å². The quantitative estimate of drug-likeness (QED) is 0.126. The lowest BCUT2D eigenvalue weighted by atomic mass is 9.93. The fourth-order valence-corrected chi connectivity index (χ4v) is 7.86. The number of terminal acetylenes is 1. The van der Waals surface area contributed by atoms with E-state index in [1.165, 1.54) is 11.3 Å². The average molecular weight is 816 g/mol. The summed E-state index contributed by atoms with van der Waals surface area (Å²) >= 11 is 5.68. The number of carbonyl (C=O) groups is 1. The number of halogens is 2. The summed E-state index contributed by atoms with van der Waals surface area (Å²) in [5.74, 6) is 3.37. The lowest BCUT2D eigenvalue weighted by molar-refractivity contribution is -0.138. The van der Waals surface area contributed by atoms with Gasteiger partial charge in [-0.2, -0.15) is 0 Å². The van der Waals surface area contributed by atoms with Crippen molar-refractivity contribution in [2.75, 3.05) is 19.8 Å². The minimum Gasteiger partial charge on any atom is -0.494 e. The predicted molar refractivity (Wildman–Crippen MR) is 185 cm³/mol. The fourth-order valence-electron chi connectivity index (χ4n) is 4.73. The highest BCUT2D eigenvalue weighted by Gasteiger charge is 2.35. The van der Waals surface area contributed by atoms with Crippen LogP contribution in [-0.4, -0.2) is 30.4 Å². The number of benzene rings is 3. The zero-order valence-electron chi connectivity index (χ0n) is 23.3. The van der Waals surface area contributed by atoms with Gasteiger partial charge in [0.2, 0.25) is 0 Å². The van der Waals surface area contributed by atoms with Crippen LogP contribution in [-0.2, 0) is 9.53 Å². The van der Waals surface area contributed by atoms with Crippen LogP contribution in [0.15, 0.2) is 82.1 Å². The molecule has 0 N–H and O–H groups in total. The number of fused-ring (bicyclic) bond motifs is 1. The average Bonchev–Trinajstić information content (AvgIpc) is 3.31. The molecule has 3 aromatic carbocycles. The van der Waals surface area contributed by atoms with Crippen LogP contribution >= 0.6 is 56.5 Å². The first-order valence-electron chi connectivity index (χ1n) is 13.4. The van der Waals surface area contributed by atoms with Crippen LogP contribution in [0.4, 0.5) is 0 Å². The maximum atomic E-state index is 14.2. The van der Waals surface area contributed by atoms with Crippen molar-refractivity contribution in [1.82, 2.24) is 4.57 Å². The first-order valence-corrected chi connectivity index (χ1v) is 16.4. The van der Waals surface area contributed by atoms with E-state index in [1.54, 1.807) is 11.5 Å². The van der Waals surface area contributed by atoms with Crippen LogP contribution in [0.5, 0.6) is 11.5 Å². The van der Waals surface area contributed by atoms with E-state index in [9.17, 15) is 9.59 Å². The highest BCUT2D eigenvalue weighted by molar-refractivity contribution is 14.1. The number of ether oxygens (including phenoxy) is 3. The molecule has 0 saturated heterocycles. The van der Waals surface area contributed by atoms with E-state index >= 15 is 0 Å². The summed E-state index contributed by atoms with van der Waals surface area (Å²) in [4.78, 5) is 33.2. The monoisotopic (exact) mass is 816 g/mol. The zero-order chi connectivity index (χ0) is 30.5. The third-order valence-corrected chi connectivity index (χ3v) is 9.08. The summed E-state index contributed by atoms with van der Waals surface area (Å²) in [7, 11) is 0. The van der Waals surface area contributed by atoms with Gasteiger partial charge in [-0.15, -0.1) is 6.42 Å². The Morgan fingerprint density at radius 1 is 1.05 bits per heavy atom. The molecule has 1 aliphatic rings. The van der Waals surface area contributed by atoms with Gasteiger partial charge in [-0.3, -0.25) is 9.36 Å². The standard InChI is InChI=1S/C33H26I2N2O5S/c1-4-16-42-30-24(34)17-20(18-25(30)35)19-26-31(38)37-29(22-12-14-23(15-13-22)40-5-2)27(32(39)41-6-3)28(36-33(37)43-26)21-10-8-7-9-11-21/h1,7-15,17-19,29H,5-6,16H2,2-3H3/b26-19-/t29-/m0/s1. The Morgan fingerprint density at radius 3 is 2.37 bits per heavy atom. The second kappa shape index (κ2) is 13.9. The molecule has 0 amide bonds. The smallest absolute Gasteiger partial charge is 0.338 e. The summed E-state index contributed by atoms with van der Waals surface area (Å²) in [6.45, 7) is 4.55. The van der Waals surface area contributed by atoms with Crippen molar-refractivity contribution in [2.24, 2.45) is 4.99 Å². The van der Waals surface area contributed by atoms with Gasteiger partial charge in [-0.25, -0.2) is 9.79 Å². The summed E-state index contributed by atoms with van der Waals surface area (Å²) in [6.07, 6.45) is 7.21. The van der Waals surface area contributed by atoms with Crippen LogP contribution in [0.1, 0.15) is 36.6 Å². The Kier molecular flexibility index (Phi) is 10.0. The second-order valence-electron chi connectivity index (χ2n) is 9.24. The molecule has 7 nitrogen and oxygen atoms in total. The molecule has 43 heavy (non-hydrogen) atoms. The van der Waals surface area contributed by atoms with E-state index in [2.05, 4.69) is 51.1 Å². The van der Waals surface area contributed by atoms with Gasteiger partial charge in [0.1, 0.15) is 18.1 Å². The molecule has 0 bridgehead atoms. The minimum absolute atomic E-state index is 0.169. The van der Waals surface area contributed by atoms with Gasteiger partial charge in [0.15, 0.2) is 4.80 Å². The molecule has 5 rings (SSSR count). The maximum Gasteiger partial charge on any atom is 0.338 e. The van der Waals surface area contributed by atoms with Crippen molar-refractivity contribution >= 4 is 74.3 Å². The molecule has 1 atom stereocenters. The molecule has 1 aromatic heterocycles. The maximum absolute atomic E-state index is 14.2. The molecule has 218 valence electrons. The van der Waals surface area contributed by atoms with Crippen LogP contribution in [0.3, 0.4) is 0 Å².